The molecule has 0 aliphatic carbocycles. The van der Waals surface area contributed by atoms with E-state index in [0.29, 0.717) is 11.3 Å². The van der Waals surface area contributed by atoms with Crippen LogP contribution in [-0.2, 0) is 0 Å². The van der Waals surface area contributed by atoms with E-state index in [9.17, 15) is 4.39 Å². The van der Waals surface area contributed by atoms with Crippen molar-refractivity contribution in [2.24, 2.45) is 0 Å². The molecule has 0 saturated carbocycles. The highest BCUT2D eigenvalue weighted by molar-refractivity contribution is 5.83. The molecule has 1 heteroatoms. The van der Waals surface area contributed by atoms with Gasteiger partial charge in [-0.15, -0.1) is 0 Å². The second kappa shape index (κ2) is 3.41. The van der Waals surface area contributed by atoms with Crippen molar-refractivity contribution in [1.82, 2.24) is 0 Å². The van der Waals surface area contributed by atoms with Crippen LogP contribution in [0.3, 0.4) is 0 Å². The van der Waals surface area contributed by atoms with Gasteiger partial charge in [0.15, 0.2) is 0 Å². The number of fused-ring (bicyclic) bond motifs is 1. The van der Waals surface area contributed by atoms with E-state index < -0.39 is 0 Å². The van der Waals surface area contributed by atoms with E-state index in [0.717, 1.165) is 10.9 Å². The van der Waals surface area contributed by atoms with Crippen molar-refractivity contribution < 1.29 is 4.39 Å². The summed E-state index contributed by atoms with van der Waals surface area (Å²) < 4.78 is 13.6. The zero-order valence-electron chi connectivity index (χ0n) is 8.42. The molecule has 2 rings (SSSR count). The zero-order chi connectivity index (χ0) is 10.1. The van der Waals surface area contributed by atoms with Gasteiger partial charge in [-0.1, -0.05) is 44.2 Å². The Morgan fingerprint density at radius 2 is 1.79 bits per heavy atom. The molecule has 0 N–H and O–H groups in total. The summed E-state index contributed by atoms with van der Waals surface area (Å²) in [6, 6.07) is 11.3. The fourth-order valence-electron chi connectivity index (χ4n) is 1.62. The van der Waals surface area contributed by atoms with Gasteiger partial charge >= 0.3 is 0 Å². The van der Waals surface area contributed by atoms with E-state index >= 15 is 0 Å². The van der Waals surface area contributed by atoms with Gasteiger partial charge in [-0.25, -0.2) is 4.39 Å². The highest BCUT2D eigenvalue weighted by Gasteiger charge is 2.05. The minimum Gasteiger partial charge on any atom is -0.206 e. The molecule has 0 aliphatic heterocycles. The summed E-state index contributed by atoms with van der Waals surface area (Å²) in [5, 5.41) is 1.69. The first-order valence-electron chi connectivity index (χ1n) is 4.86. The minimum absolute atomic E-state index is 0.119. The Labute approximate surface area is 83.4 Å². The normalized spacial score (nSPS) is 11.1. The Morgan fingerprint density at radius 3 is 2.50 bits per heavy atom. The van der Waals surface area contributed by atoms with Crippen LogP contribution in [0.15, 0.2) is 36.4 Å². The lowest BCUT2D eigenvalue weighted by Gasteiger charge is -2.07. The molecule has 0 atom stereocenters. The van der Waals surface area contributed by atoms with Crippen molar-refractivity contribution in [3.8, 4) is 0 Å². The van der Waals surface area contributed by atoms with Crippen LogP contribution in [0.1, 0.15) is 25.3 Å². The van der Waals surface area contributed by atoms with E-state index in [1.807, 2.05) is 24.3 Å². The van der Waals surface area contributed by atoms with Gasteiger partial charge in [0.1, 0.15) is 5.82 Å². The Hall–Kier alpha value is -1.37. The molecule has 0 bridgehead atoms. The highest BCUT2D eigenvalue weighted by Crippen LogP contribution is 2.23. The maximum atomic E-state index is 13.6. The second-order valence-corrected chi connectivity index (χ2v) is 3.88. The molecule has 0 unspecified atom stereocenters. The molecule has 2 aromatic carbocycles. The van der Waals surface area contributed by atoms with Gasteiger partial charge in [0, 0.05) is 5.39 Å². The quantitative estimate of drug-likeness (QED) is 0.632. The second-order valence-electron chi connectivity index (χ2n) is 3.88. The molecule has 0 aromatic heterocycles. The number of rotatable bonds is 1. The zero-order valence-corrected chi connectivity index (χ0v) is 8.42. The van der Waals surface area contributed by atoms with Crippen molar-refractivity contribution in [3.05, 3.63) is 47.8 Å². The summed E-state index contributed by atoms with van der Waals surface area (Å²) in [4.78, 5) is 0. The summed E-state index contributed by atoms with van der Waals surface area (Å²) in [5.74, 6) is 0.251. The molecule has 0 fully saturated rings. The van der Waals surface area contributed by atoms with Crippen LogP contribution in [0.2, 0.25) is 0 Å². The monoisotopic (exact) mass is 188 g/mol. The molecule has 14 heavy (non-hydrogen) atoms. The van der Waals surface area contributed by atoms with E-state index in [2.05, 4.69) is 19.9 Å². The molecular weight excluding hydrogens is 175 g/mol. The maximum Gasteiger partial charge on any atom is 0.131 e. The van der Waals surface area contributed by atoms with E-state index in [1.54, 1.807) is 6.07 Å². The first kappa shape index (κ1) is 9.20. The molecule has 0 heterocycles. The average molecular weight is 188 g/mol. The Kier molecular flexibility index (Phi) is 2.24. The molecule has 0 amide bonds. The SMILES string of the molecule is CC(C)c1cc(F)c2ccccc2c1. The van der Waals surface area contributed by atoms with Gasteiger partial charge in [-0.3, -0.25) is 0 Å². The van der Waals surface area contributed by atoms with Gasteiger partial charge in [0.25, 0.3) is 0 Å². The summed E-state index contributed by atoms with van der Waals surface area (Å²) in [5.41, 5.74) is 1.06. The fourth-order valence-corrected chi connectivity index (χ4v) is 1.62. The lowest BCUT2D eigenvalue weighted by molar-refractivity contribution is 0.635. The molecular formula is C13H13F. The molecule has 0 aliphatic rings. The van der Waals surface area contributed by atoms with Crippen LogP contribution in [0, 0.1) is 5.82 Å². The third-order valence-electron chi connectivity index (χ3n) is 2.50. The molecule has 0 spiro atoms. The van der Waals surface area contributed by atoms with Crippen molar-refractivity contribution in [2.45, 2.75) is 19.8 Å². The predicted molar refractivity (Wildman–Crippen MR) is 58.0 cm³/mol. The lowest BCUT2D eigenvalue weighted by Crippen LogP contribution is -1.89. The first-order chi connectivity index (χ1) is 6.68. The number of halogens is 1. The van der Waals surface area contributed by atoms with Crippen LogP contribution in [-0.4, -0.2) is 0 Å². The van der Waals surface area contributed by atoms with Gasteiger partial charge in [0.05, 0.1) is 0 Å². The third kappa shape index (κ3) is 1.50. The van der Waals surface area contributed by atoms with E-state index in [-0.39, 0.29) is 5.82 Å². The molecule has 2 aromatic rings. The Bertz CT molecular complexity index is 458. The van der Waals surface area contributed by atoms with Crippen LogP contribution in [0.4, 0.5) is 4.39 Å². The van der Waals surface area contributed by atoms with E-state index in [1.165, 1.54) is 0 Å². The van der Waals surface area contributed by atoms with Gasteiger partial charge in [0.2, 0.25) is 0 Å². The van der Waals surface area contributed by atoms with Crippen LogP contribution in [0.25, 0.3) is 10.8 Å². The smallest absolute Gasteiger partial charge is 0.131 e. The van der Waals surface area contributed by atoms with Crippen LogP contribution >= 0.6 is 0 Å². The standard InChI is InChI=1S/C13H13F/c1-9(2)11-7-10-5-3-4-6-12(10)13(14)8-11/h3-9H,1-2H3. The first-order valence-corrected chi connectivity index (χ1v) is 4.86. The fraction of sp³-hybridized carbons (Fsp3) is 0.231. The number of hydrogen-bond donors (Lipinski definition) is 0. The third-order valence-corrected chi connectivity index (χ3v) is 2.50. The van der Waals surface area contributed by atoms with Gasteiger partial charge < -0.3 is 0 Å². The van der Waals surface area contributed by atoms with E-state index in [4.69, 9.17) is 0 Å². The largest absolute Gasteiger partial charge is 0.206 e. The summed E-state index contributed by atoms with van der Waals surface area (Å²) in [7, 11) is 0. The Balaban J connectivity index is 2.72. The molecule has 0 saturated heterocycles. The number of benzene rings is 2. The predicted octanol–water partition coefficient (Wildman–Crippen LogP) is 4.10. The summed E-state index contributed by atoms with van der Waals surface area (Å²) >= 11 is 0. The van der Waals surface area contributed by atoms with Gasteiger partial charge in [-0.2, -0.15) is 0 Å². The molecule has 0 nitrogen and oxygen atoms in total. The van der Waals surface area contributed by atoms with Crippen molar-refractivity contribution in [2.75, 3.05) is 0 Å². The summed E-state index contributed by atoms with van der Waals surface area (Å²) in [6.45, 7) is 4.15. The van der Waals surface area contributed by atoms with Gasteiger partial charge in [-0.05, 0) is 22.9 Å². The average Bonchev–Trinajstić information content (AvgIpc) is 2.17. The highest BCUT2D eigenvalue weighted by atomic mass is 19.1. The van der Waals surface area contributed by atoms with Crippen molar-refractivity contribution >= 4 is 10.8 Å². The molecule has 72 valence electrons. The topological polar surface area (TPSA) is 0 Å². The summed E-state index contributed by atoms with van der Waals surface area (Å²) in [6.07, 6.45) is 0. The van der Waals surface area contributed by atoms with Crippen molar-refractivity contribution in [3.63, 3.8) is 0 Å². The Morgan fingerprint density at radius 1 is 1.07 bits per heavy atom. The number of hydrogen-bond acceptors (Lipinski definition) is 0. The van der Waals surface area contributed by atoms with Crippen LogP contribution < -0.4 is 0 Å². The lowest BCUT2D eigenvalue weighted by atomic mass is 9.99. The van der Waals surface area contributed by atoms with Crippen molar-refractivity contribution in [1.29, 1.82) is 0 Å². The minimum atomic E-state index is -0.119. The van der Waals surface area contributed by atoms with Crippen LogP contribution in [0.5, 0.6) is 0 Å². The maximum absolute atomic E-state index is 13.6. The molecule has 0 radical (unpaired) electrons.